The number of amides is 4. The molecular weight excluding hydrogens is 600 g/mol. The summed E-state index contributed by atoms with van der Waals surface area (Å²) < 4.78 is 33.5. The zero-order valence-electron chi connectivity index (χ0n) is 27.1. The lowest BCUT2D eigenvalue weighted by molar-refractivity contribution is -0.139. The van der Waals surface area contributed by atoms with Crippen molar-refractivity contribution in [1.82, 2.24) is 30.7 Å². The van der Waals surface area contributed by atoms with Crippen LogP contribution in [-0.4, -0.2) is 95.2 Å². The summed E-state index contributed by atoms with van der Waals surface area (Å²) in [6, 6.07) is 2.16. The number of carbonyl (C=O) groups excluding carboxylic acids is 4. The second-order valence-corrected chi connectivity index (χ2v) is 12.7. The third kappa shape index (κ3) is 8.25. The first-order chi connectivity index (χ1) is 21.9. The van der Waals surface area contributed by atoms with Gasteiger partial charge in [-0.25, -0.2) is 13.4 Å². The van der Waals surface area contributed by atoms with E-state index in [1.165, 1.54) is 12.1 Å². The van der Waals surface area contributed by atoms with Crippen molar-refractivity contribution in [1.29, 1.82) is 0 Å². The number of hydrogen-bond donors (Lipinski definition) is 3. The summed E-state index contributed by atoms with van der Waals surface area (Å²) in [6.07, 6.45) is 3.62. The SMILES string of the molecule is CCc1nonc1C(=O)N[C@H](C(=O)Nc1ccc([C@H](C)[C@@H](NC(=O)CF)C(=O)N2CCN(C)[C@@H](C)C2)cc1F)[C@H]1CC[C@H](C)CC1. The molecule has 14 heteroatoms. The van der Waals surface area contributed by atoms with Crippen LogP contribution in [0.1, 0.15) is 81.0 Å². The molecule has 1 aliphatic heterocycles. The number of nitrogens with one attached hydrogen (secondary N) is 3. The number of aryl methyl sites for hydroxylation is 1. The molecule has 0 spiro atoms. The van der Waals surface area contributed by atoms with Crippen molar-refractivity contribution in [3.8, 4) is 0 Å². The number of halogens is 2. The number of piperazine rings is 1. The first-order valence-corrected chi connectivity index (χ1v) is 16.0. The minimum atomic E-state index is -1.29. The minimum Gasteiger partial charge on any atom is -0.341 e. The number of benzene rings is 1. The van der Waals surface area contributed by atoms with Crippen LogP contribution in [0.25, 0.3) is 0 Å². The van der Waals surface area contributed by atoms with Gasteiger partial charge in [0.15, 0.2) is 12.4 Å². The van der Waals surface area contributed by atoms with Crippen LogP contribution in [-0.2, 0) is 20.8 Å². The molecule has 4 amide bonds. The highest BCUT2D eigenvalue weighted by Crippen LogP contribution is 2.32. The molecule has 2 aromatic rings. The maximum absolute atomic E-state index is 15.6. The molecule has 2 fully saturated rings. The molecule has 4 rings (SSSR count). The van der Waals surface area contributed by atoms with E-state index in [0.29, 0.717) is 56.1 Å². The number of carbonyl (C=O) groups is 4. The van der Waals surface area contributed by atoms with E-state index in [1.54, 1.807) is 24.8 Å². The van der Waals surface area contributed by atoms with Crippen LogP contribution in [0.15, 0.2) is 22.8 Å². The molecule has 2 heterocycles. The Bertz CT molecular complexity index is 1400. The molecule has 1 saturated heterocycles. The molecule has 1 aromatic carbocycles. The van der Waals surface area contributed by atoms with Crippen molar-refractivity contribution in [2.45, 2.75) is 83.8 Å². The van der Waals surface area contributed by atoms with E-state index < -0.39 is 48.2 Å². The smallest absolute Gasteiger partial charge is 0.276 e. The Morgan fingerprint density at radius 3 is 2.41 bits per heavy atom. The number of nitrogens with zero attached hydrogens (tertiary/aromatic N) is 4. The molecule has 12 nitrogen and oxygen atoms in total. The molecule has 0 unspecified atom stereocenters. The highest BCUT2D eigenvalue weighted by atomic mass is 19.1. The van der Waals surface area contributed by atoms with Gasteiger partial charge >= 0.3 is 0 Å². The van der Waals surface area contributed by atoms with Crippen LogP contribution >= 0.6 is 0 Å². The van der Waals surface area contributed by atoms with Crippen LogP contribution in [0.3, 0.4) is 0 Å². The summed E-state index contributed by atoms with van der Waals surface area (Å²) in [6.45, 7) is 7.82. The predicted octanol–water partition coefficient (Wildman–Crippen LogP) is 3.05. The average molecular weight is 646 g/mol. The van der Waals surface area contributed by atoms with Crippen molar-refractivity contribution in [3.05, 3.63) is 41.0 Å². The van der Waals surface area contributed by atoms with E-state index in [2.05, 4.69) is 38.1 Å². The highest BCUT2D eigenvalue weighted by molar-refractivity contribution is 6.01. The monoisotopic (exact) mass is 645 g/mol. The summed E-state index contributed by atoms with van der Waals surface area (Å²) in [5, 5.41) is 15.3. The molecule has 0 bridgehead atoms. The predicted molar refractivity (Wildman–Crippen MR) is 166 cm³/mol. The molecule has 4 atom stereocenters. The largest absolute Gasteiger partial charge is 0.341 e. The number of anilines is 1. The van der Waals surface area contributed by atoms with Gasteiger partial charge in [0.1, 0.15) is 23.6 Å². The van der Waals surface area contributed by atoms with Gasteiger partial charge < -0.3 is 25.8 Å². The number of rotatable bonds is 11. The lowest BCUT2D eigenvalue weighted by Gasteiger charge is -2.40. The van der Waals surface area contributed by atoms with E-state index in [4.69, 9.17) is 4.63 Å². The van der Waals surface area contributed by atoms with Crippen LogP contribution in [0.4, 0.5) is 14.5 Å². The quantitative estimate of drug-likeness (QED) is 0.338. The van der Waals surface area contributed by atoms with E-state index in [0.717, 1.165) is 12.8 Å². The molecule has 46 heavy (non-hydrogen) atoms. The van der Waals surface area contributed by atoms with Gasteiger partial charge in [-0.2, -0.15) is 0 Å². The van der Waals surface area contributed by atoms with Crippen molar-refractivity contribution in [2.75, 3.05) is 38.7 Å². The second-order valence-electron chi connectivity index (χ2n) is 12.7. The third-order valence-electron chi connectivity index (χ3n) is 9.46. The van der Waals surface area contributed by atoms with Crippen molar-refractivity contribution < 1.29 is 32.6 Å². The Kier molecular flexibility index (Phi) is 11.8. The van der Waals surface area contributed by atoms with Gasteiger partial charge in [0, 0.05) is 31.6 Å². The van der Waals surface area contributed by atoms with Gasteiger partial charge in [0.25, 0.3) is 11.8 Å². The molecule has 2 aliphatic rings. The topological polar surface area (TPSA) is 150 Å². The minimum absolute atomic E-state index is 0.00369. The molecule has 1 aliphatic carbocycles. The molecule has 1 aromatic heterocycles. The van der Waals surface area contributed by atoms with Crippen LogP contribution in [0.2, 0.25) is 0 Å². The van der Waals surface area contributed by atoms with Crippen molar-refractivity contribution in [2.24, 2.45) is 11.8 Å². The zero-order chi connectivity index (χ0) is 33.5. The molecular formula is C32H45F2N7O5. The number of aromatic nitrogens is 2. The van der Waals surface area contributed by atoms with Crippen LogP contribution in [0, 0.1) is 17.7 Å². The Morgan fingerprint density at radius 1 is 1.07 bits per heavy atom. The summed E-state index contributed by atoms with van der Waals surface area (Å²) in [5.74, 6) is -3.62. The first-order valence-electron chi connectivity index (χ1n) is 16.0. The van der Waals surface area contributed by atoms with Crippen LogP contribution in [0.5, 0.6) is 0 Å². The normalized spacial score (nSPS) is 22.4. The zero-order valence-corrected chi connectivity index (χ0v) is 27.1. The summed E-state index contributed by atoms with van der Waals surface area (Å²) in [5.41, 5.74) is 0.646. The van der Waals surface area contributed by atoms with E-state index in [9.17, 15) is 23.6 Å². The van der Waals surface area contributed by atoms with Gasteiger partial charge in [0.05, 0.1) is 5.69 Å². The molecule has 1 saturated carbocycles. The summed E-state index contributed by atoms with van der Waals surface area (Å²) in [4.78, 5) is 56.1. The van der Waals surface area contributed by atoms with Gasteiger partial charge in [0.2, 0.25) is 11.8 Å². The fourth-order valence-electron chi connectivity index (χ4n) is 6.21. The lowest BCUT2D eigenvalue weighted by Crippen LogP contribution is -2.58. The van der Waals surface area contributed by atoms with E-state index >= 15 is 4.39 Å². The number of alkyl halides is 1. The Balaban J connectivity index is 1.52. The Morgan fingerprint density at radius 2 is 1.78 bits per heavy atom. The van der Waals surface area contributed by atoms with E-state index in [-0.39, 0.29) is 29.2 Å². The standard InChI is InChI=1S/C32H45F2N7O5/c1-6-24-29(39-46-38-24)31(44)37-28(21-9-7-18(2)8-10-21)30(43)35-25-12-11-22(15-23(25)34)20(4)27(36-26(42)16-33)32(45)41-14-13-40(5)19(3)17-41/h11-12,15,18-21,27-28H,6-10,13-14,16-17H2,1-5H3,(H,35,43)(H,36,42)(H,37,44)/t18-,19-,20-,21-,27+,28-/m0/s1. The van der Waals surface area contributed by atoms with Gasteiger partial charge in [-0.1, -0.05) is 44.8 Å². The molecule has 252 valence electrons. The first kappa shape index (κ1) is 34.9. The number of hydrogen-bond acceptors (Lipinski definition) is 8. The summed E-state index contributed by atoms with van der Waals surface area (Å²) in [7, 11) is 1.96. The van der Waals surface area contributed by atoms with Gasteiger partial charge in [-0.3, -0.25) is 19.2 Å². The third-order valence-corrected chi connectivity index (χ3v) is 9.46. The van der Waals surface area contributed by atoms with Crippen LogP contribution < -0.4 is 16.0 Å². The summed E-state index contributed by atoms with van der Waals surface area (Å²) >= 11 is 0. The maximum Gasteiger partial charge on any atom is 0.276 e. The highest BCUT2D eigenvalue weighted by Gasteiger charge is 2.36. The van der Waals surface area contributed by atoms with Gasteiger partial charge in [-0.05, 0) is 67.9 Å². The Hall–Kier alpha value is -3.94. The van der Waals surface area contributed by atoms with Crippen molar-refractivity contribution in [3.63, 3.8) is 0 Å². The van der Waals surface area contributed by atoms with Crippen molar-refractivity contribution >= 4 is 29.3 Å². The maximum atomic E-state index is 15.6. The fraction of sp³-hybridized carbons (Fsp3) is 0.625. The van der Waals surface area contributed by atoms with Gasteiger partial charge in [-0.15, -0.1) is 0 Å². The fourth-order valence-corrected chi connectivity index (χ4v) is 6.21. The average Bonchev–Trinajstić information content (AvgIpc) is 3.53. The number of likely N-dealkylation sites (N-methyl/N-ethyl adjacent to an activating group) is 1. The Labute approximate surface area is 268 Å². The molecule has 0 radical (unpaired) electrons. The second kappa shape index (κ2) is 15.6. The van der Waals surface area contributed by atoms with E-state index in [1.807, 2.05) is 14.0 Å². The molecule has 3 N–H and O–H groups in total. The lowest BCUT2D eigenvalue weighted by atomic mass is 9.79.